The van der Waals surface area contributed by atoms with Gasteiger partial charge in [0, 0.05) is 17.8 Å². The predicted octanol–water partition coefficient (Wildman–Crippen LogP) is 0.267. The van der Waals surface area contributed by atoms with Crippen molar-refractivity contribution in [1.82, 2.24) is 5.32 Å². The molecule has 1 aromatic carbocycles. The fraction of sp³-hybridized carbons (Fsp3) is 0.357. The third-order valence-corrected chi connectivity index (χ3v) is 2.55. The van der Waals surface area contributed by atoms with E-state index in [1.807, 2.05) is 0 Å². The lowest BCUT2D eigenvalue weighted by atomic mass is 10.2. The first-order valence-corrected chi connectivity index (χ1v) is 6.59. The highest BCUT2D eigenvalue weighted by Crippen LogP contribution is 2.08. The Morgan fingerprint density at radius 1 is 1.19 bits per heavy atom. The molecule has 1 aromatic rings. The van der Waals surface area contributed by atoms with Crippen molar-refractivity contribution in [3.05, 3.63) is 29.8 Å². The first kappa shape index (κ1) is 16.6. The van der Waals surface area contributed by atoms with Crippen molar-refractivity contribution >= 4 is 23.5 Å². The van der Waals surface area contributed by atoms with Gasteiger partial charge in [0.05, 0.1) is 19.6 Å². The van der Waals surface area contributed by atoms with Gasteiger partial charge in [-0.3, -0.25) is 14.4 Å². The normalized spacial score (nSPS) is 9.95. The third-order valence-electron chi connectivity index (χ3n) is 2.55. The van der Waals surface area contributed by atoms with Gasteiger partial charge in [-0.15, -0.1) is 0 Å². The lowest BCUT2D eigenvalue weighted by Gasteiger charge is -2.07. The largest absolute Gasteiger partial charge is 0.466 e. The number of esters is 1. The molecule has 0 heterocycles. The first-order chi connectivity index (χ1) is 10.0. The van der Waals surface area contributed by atoms with Gasteiger partial charge in [-0.1, -0.05) is 0 Å². The summed E-state index contributed by atoms with van der Waals surface area (Å²) in [6.07, 6.45) is 0.217. The Morgan fingerprint density at radius 3 is 2.43 bits per heavy atom. The van der Waals surface area contributed by atoms with E-state index in [4.69, 9.17) is 10.5 Å². The molecule has 0 aromatic heterocycles. The van der Waals surface area contributed by atoms with Crippen molar-refractivity contribution in [1.29, 1.82) is 0 Å². The molecular formula is C14H19N3O4. The van der Waals surface area contributed by atoms with Crippen LogP contribution in [0.3, 0.4) is 0 Å². The molecular weight excluding hydrogens is 274 g/mol. The number of carbonyl (C=O) groups is 3. The maximum absolute atomic E-state index is 11.6. The van der Waals surface area contributed by atoms with Gasteiger partial charge < -0.3 is 21.1 Å². The topological polar surface area (TPSA) is 111 Å². The highest BCUT2D eigenvalue weighted by atomic mass is 16.5. The number of nitrogens with one attached hydrogen (secondary N) is 2. The van der Waals surface area contributed by atoms with Crippen LogP contribution in [0.25, 0.3) is 0 Å². The number of benzene rings is 1. The molecule has 4 N–H and O–H groups in total. The zero-order valence-corrected chi connectivity index (χ0v) is 11.8. The number of carbonyl (C=O) groups excluding carboxylic acids is 3. The molecule has 0 radical (unpaired) electrons. The molecule has 0 atom stereocenters. The van der Waals surface area contributed by atoms with E-state index in [9.17, 15) is 14.4 Å². The van der Waals surface area contributed by atoms with Crippen LogP contribution >= 0.6 is 0 Å². The summed E-state index contributed by atoms with van der Waals surface area (Å²) in [7, 11) is 0. The molecule has 0 saturated heterocycles. The molecule has 2 amide bonds. The van der Waals surface area contributed by atoms with Crippen LogP contribution in [0.1, 0.15) is 23.7 Å². The Hall–Kier alpha value is -2.41. The minimum atomic E-state index is -0.520. The van der Waals surface area contributed by atoms with Gasteiger partial charge in [0.2, 0.25) is 11.8 Å². The minimum Gasteiger partial charge on any atom is -0.466 e. The Labute approximate surface area is 122 Å². The number of hydrogen-bond acceptors (Lipinski definition) is 5. The fourth-order valence-electron chi connectivity index (χ4n) is 1.55. The quantitative estimate of drug-likeness (QED) is 0.470. The van der Waals surface area contributed by atoms with Crippen LogP contribution in [0.2, 0.25) is 0 Å². The lowest BCUT2D eigenvalue weighted by Crippen LogP contribution is -2.29. The fourth-order valence-corrected chi connectivity index (χ4v) is 1.55. The Morgan fingerprint density at radius 2 is 1.86 bits per heavy atom. The molecule has 0 aliphatic heterocycles. The first-order valence-electron chi connectivity index (χ1n) is 6.59. The van der Waals surface area contributed by atoms with Crippen molar-refractivity contribution < 1.29 is 19.1 Å². The van der Waals surface area contributed by atoms with Gasteiger partial charge in [-0.2, -0.15) is 0 Å². The van der Waals surface area contributed by atoms with Gasteiger partial charge in [-0.05, 0) is 31.2 Å². The number of anilines is 1. The average Bonchev–Trinajstić information content (AvgIpc) is 2.44. The number of amides is 2. The van der Waals surface area contributed by atoms with Crippen LogP contribution in [-0.2, 0) is 14.3 Å². The maximum atomic E-state index is 11.6. The van der Waals surface area contributed by atoms with Crippen LogP contribution < -0.4 is 16.4 Å². The molecule has 0 spiro atoms. The molecule has 21 heavy (non-hydrogen) atoms. The van der Waals surface area contributed by atoms with Crippen LogP contribution in [0.4, 0.5) is 5.69 Å². The zero-order chi connectivity index (χ0) is 15.7. The standard InChI is InChI=1S/C14H19N3O4/c1-2-21-13(19)7-8-16-9-12(18)17-11-5-3-10(4-6-11)14(15)20/h3-6,16H,2,7-9H2,1H3,(H2,15,20)(H,17,18). The monoisotopic (exact) mass is 293 g/mol. The molecule has 0 unspecified atom stereocenters. The van der Waals surface area contributed by atoms with Crippen LogP contribution in [-0.4, -0.2) is 37.5 Å². The SMILES string of the molecule is CCOC(=O)CCNCC(=O)Nc1ccc(C(N)=O)cc1. The van der Waals surface area contributed by atoms with Crippen molar-refractivity contribution in [2.75, 3.05) is 25.0 Å². The van der Waals surface area contributed by atoms with Crippen molar-refractivity contribution in [3.63, 3.8) is 0 Å². The second-order valence-electron chi connectivity index (χ2n) is 4.22. The second kappa shape index (κ2) is 8.70. The van der Waals surface area contributed by atoms with E-state index in [1.165, 1.54) is 12.1 Å². The summed E-state index contributed by atoms with van der Waals surface area (Å²) in [4.78, 5) is 33.6. The molecule has 1 rings (SSSR count). The van der Waals surface area contributed by atoms with E-state index in [1.54, 1.807) is 19.1 Å². The van der Waals surface area contributed by atoms with Gasteiger partial charge in [0.1, 0.15) is 0 Å². The molecule has 0 bridgehead atoms. The summed E-state index contributed by atoms with van der Waals surface area (Å²) in [5.41, 5.74) is 6.06. The zero-order valence-electron chi connectivity index (χ0n) is 11.8. The summed E-state index contributed by atoms with van der Waals surface area (Å²) in [6.45, 7) is 2.53. The number of hydrogen-bond donors (Lipinski definition) is 3. The van der Waals surface area contributed by atoms with Gasteiger partial charge in [0.25, 0.3) is 0 Å². The van der Waals surface area contributed by atoms with Crippen molar-refractivity contribution in [3.8, 4) is 0 Å². The Kier molecular flexibility index (Phi) is 6.90. The van der Waals surface area contributed by atoms with Gasteiger partial charge in [0.15, 0.2) is 0 Å². The molecule has 114 valence electrons. The summed E-state index contributed by atoms with van der Waals surface area (Å²) in [6, 6.07) is 6.26. The van der Waals surface area contributed by atoms with E-state index in [2.05, 4.69) is 10.6 Å². The molecule has 0 aliphatic carbocycles. The lowest BCUT2D eigenvalue weighted by molar-refractivity contribution is -0.143. The van der Waals surface area contributed by atoms with E-state index < -0.39 is 5.91 Å². The second-order valence-corrected chi connectivity index (χ2v) is 4.22. The number of nitrogens with two attached hydrogens (primary N) is 1. The third kappa shape index (κ3) is 6.53. The number of primary amides is 1. The smallest absolute Gasteiger partial charge is 0.307 e. The maximum Gasteiger partial charge on any atom is 0.307 e. The Balaban J connectivity index is 2.27. The highest BCUT2D eigenvalue weighted by Gasteiger charge is 2.05. The minimum absolute atomic E-state index is 0.0803. The van der Waals surface area contributed by atoms with Crippen molar-refractivity contribution in [2.24, 2.45) is 5.73 Å². The van der Waals surface area contributed by atoms with E-state index in [0.717, 1.165) is 0 Å². The molecule has 0 fully saturated rings. The Bertz CT molecular complexity index is 499. The van der Waals surface area contributed by atoms with Crippen molar-refractivity contribution in [2.45, 2.75) is 13.3 Å². The summed E-state index contributed by atoms with van der Waals surface area (Å²) >= 11 is 0. The van der Waals surface area contributed by atoms with E-state index in [-0.39, 0.29) is 24.8 Å². The number of ether oxygens (including phenoxy) is 1. The van der Waals surface area contributed by atoms with Gasteiger partial charge in [-0.25, -0.2) is 0 Å². The van der Waals surface area contributed by atoms with Crippen LogP contribution in [0, 0.1) is 0 Å². The average molecular weight is 293 g/mol. The van der Waals surface area contributed by atoms with E-state index in [0.29, 0.717) is 24.4 Å². The number of rotatable bonds is 8. The molecule has 0 aliphatic rings. The van der Waals surface area contributed by atoms with Crippen LogP contribution in [0.5, 0.6) is 0 Å². The van der Waals surface area contributed by atoms with E-state index >= 15 is 0 Å². The van der Waals surface area contributed by atoms with Gasteiger partial charge >= 0.3 is 5.97 Å². The summed E-state index contributed by atoms with van der Waals surface area (Å²) < 4.78 is 4.76. The summed E-state index contributed by atoms with van der Waals surface area (Å²) in [5, 5.41) is 5.49. The highest BCUT2D eigenvalue weighted by molar-refractivity contribution is 5.95. The predicted molar refractivity (Wildman–Crippen MR) is 77.7 cm³/mol. The summed E-state index contributed by atoms with van der Waals surface area (Å²) in [5.74, 6) is -1.06. The molecule has 0 saturated carbocycles. The molecule has 7 heteroatoms. The van der Waals surface area contributed by atoms with Crippen LogP contribution in [0.15, 0.2) is 24.3 Å². The molecule has 7 nitrogen and oxygen atoms in total.